The summed E-state index contributed by atoms with van der Waals surface area (Å²) in [4.78, 5) is 27.2. The van der Waals surface area contributed by atoms with Gasteiger partial charge in [-0.05, 0) is 12.1 Å². The standard InChI is InChI=1S/C15H13N3O3/c19-14-8-7-13(17-18-14)15(20)21-9-11-6-5-10-3-1-2-4-12(10)16-11/h1-6H,7-9H2,(H,18,19). The third-order valence-corrected chi connectivity index (χ3v) is 3.15. The van der Waals surface area contributed by atoms with Crippen molar-refractivity contribution in [1.82, 2.24) is 10.4 Å². The number of fused-ring (bicyclic) bond motifs is 1. The van der Waals surface area contributed by atoms with Crippen molar-refractivity contribution < 1.29 is 14.3 Å². The van der Waals surface area contributed by atoms with Gasteiger partial charge in [0.2, 0.25) is 5.91 Å². The van der Waals surface area contributed by atoms with Crippen LogP contribution in [0.15, 0.2) is 41.5 Å². The third kappa shape index (κ3) is 3.05. The molecule has 0 saturated carbocycles. The minimum atomic E-state index is -0.523. The van der Waals surface area contributed by atoms with Crippen molar-refractivity contribution in [2.75, 3.05) is 0 Å². The average molecular weight is 283 g/mol. The first-order valence-corrected chi connectivity index (χ1v) is 6.59. The number of esters is 1. The lowest BCUT2D eigenvalue weighted by Crippen LogP contribution is -2.30. The summed E-state index contributed by atoms with van der Waals surface area (Å²) in [6, 6.07) is 11.5. The van der Waals surface area contributed by atoms with Crippen molar-refractivity contribution in [3.8, 4) is 0 Å². The van der Waals surface area contributed by atoms with Crippen LogP contribution in [0.3, 0.4) is 0 Å². The number of rotatable bonds is 3. The molecular weight excluding hydrogens is 270 g/mol. The number of carbonyl (C=O) groups excluding carboxylic acids is 2. The van der Waals surface area contributed by atoms with Crippen LogP contribution in [0.4, 0.5) is 0 Å². The summed E-state index contributed by atoms with van der Waals surface area (Å²) in [5, 5.41) is 4.73. The first-order chi connectivity index (χ1) is 10.2. The molecular formula is C15H13N3O3. The first-order valence-electron chi connectivity index (χ1n) is 6.59. The van der Waals surface area contributed by atoms with E-state index in [1.807, 2.05) is 36.4 Å². The SMILES string of the molecule is O=C1CCC(C(=O)OCc2ccc3ccccc3n2)=NN1. The number of nitrogens with zero attached hydrogens (tertiary/aromatic N) is 2. The maximum atomic E-state index is 11.8. The third-order valence-electron chi connectivity index (χ3n) is 3.15. The molecule has 106 valence electrons. The second-order valence-corrected chi connectivity index (χ2v) is 4.66. The number of hydrogen-bond donors (Lipinski definition) is 1. The Balaban J connectivity index is 1.66. The van der Waals surface area contributed by atoms with Crippen molar-refractivity contribution >= 4 is 28.5 Å². The van der Waals surface area contributed by atoms with Gasteiger partial charge in [-0.2, -0.15) is 5.10 Å². The Labute approximate surface area is 120 Å². The molecule has 6 heteroatoms. The number of hydrazone groups is 1. The highest BCUT2D eigenvalue weighted by molar-refractivity contribution is 6.37. The van der Waals surface area contributed by atoms with E-state index < -0.39 is 5.97 Å². The van der Waals surface area contributed by atoms with Gasteiger partial charge in [0.25, 0.3) is 0 Å². The number of hydrogen-bond acceptors (Lipinski definition) is 5. The number of nitrogens with one attached hydrogen (secondary N) is 1. The summed E-state index contributed by atoms with van der Waals surface area (Å²) in [6.07, 6.45) is 0.554. The normalized spacial score (nSPS) is 14.5. The van der Waals surface area contributed by atoms with E-state index in [4.69, 9.17) is 4.74 Å². The van der Waals surface area contributed by atoms with Gasteiger partial charge in [0, 0.05) is 18.2 Å². The molecule has 1 aliphatic heterocycles. The number of benzene rings is 1. The van der Waals surface area contributed by atoms with Crippen LogP contribution < -0.4 is 5.43 Å². The molecule has 2 heterocycles. The van der Waals surface area contributed by atoms with Crippen molar-refractivity contribution in [3.63, 3.8) is 0 Å². The molecule has 2 aromatic rings. The number of amides is 1. The Morgan fingerprint density at radius 3 is 2.86 bits per heavy atom. The van der Waals surface area contributed by atoms with E-state index in [1.165, 1.54) is 0 Å². The summed E-state index contributed by atoms with van der Waals surface area (Å²) in [5.74, 6) is -0.715. The van der Waals surface area contributed by atoms with Crippen molar-refractivity contribution in [1.29, 1.82) is 0 Å². The molecule has 0 saturated heterocycles. The van der Waals surface area contributed by atoms with Crippen molar-refractivity contribution in [2.24, 2.45) is 5.10 Å². The molecule has 1 aromatic heterocycles. The van der Waals surface area contributed by atoms with Gasteiger partial charge in [-0.1, -0.05) is 24.3 Å². The molecule has 3 rings (SSSR count). The van der Waals surface area contributed by atoms with Gasteiger partial charge in [-0.15, -0.1) is 0 Å². The first kappa shape index (κ1) is 13.2. The molecule has 0 aliphatic carbocycles. The number of pyridine rings is 1. The summed E-state index contributed by atoms with van der Waals surface area (Å²) in [7, 11) is 0. The number of carbonyl (C=O) groups is 2. The van der Waals surface area contributed by atoms with Gasteiger partial charge in [0.1, 0.15) is 12.3 Å². The molecule has 21 heavy (non-hydrogen) atoms. The Bertz CT molecular complexity index is 740. The molecule has 0 fully saturated rings. The van der Waals surface area contributed by atoms with E-state index >= 15 is 0 Å². The van der Waals surface area contributed by atoms with Crippen LogP contribution >= 0.6 is 0 Å². The number of aromatic nitrogens is 1. The van der Waals surface area contributed by atoms with Gasteiger partial charge in [-0.3, -0.25) is 4.79 Å². The molecule has 1 aliphatic rings. The highest BCUT2D eigenvalue weighted by atomic mass is 16.5. The highest BCUT2D eigenvalue weighted by Gasteiger charge is 2.19. The fourth-order valence-electron chi connectivity index (χ4n) is 2.03. The quantitative estimate of drug-likeness (QED) is 0.866. The van der Waals surface area contributed by atoms with Crippen molar-refractivity contribution in [3.05, 3.63) is 42.1 Å². The molecule has 0 bridgehead atoms. The molecule has 1 N–H and O–H groups in total. The lowest BCUT2D eigenvalue weighted by molar-refractivity contribution is -0.137. The molecule has 1 aromatic carbocycles. The second-order valence-electron chi connectivity index (χ2n) is 4.66. The lowest BCUT2D eigenvalue weighted by atomic mass is 10.2. The molecule has 0 unspecified atom stereocenters. The van der Waals surface area contributed by atoms with Crippen LogP contribution in [0.25, 0.3) is 10.9 Å². The second kappa shape index (κ2) is 5.70. The number of ether oxygens (including phenoxy) is 1. The summed E-state index contributed by atoms with van der Waals surface area (Å²) >= 11 is 0. The predicted molar refractivity (Wildman–Crippen MR) is 76.4 cm³/mol. The van der Waals surface area contributed by atoms with E-state index in [9.17, 15) is 9.59 Å². The van der Waals surface area contributed by atoms with Gasteiger partial charge < -0.3 is 4.74 Å². The van der Waals surface area contributed by atoms with Crippen LogP contribution in [0.5, 0.6) is 0 Å². The summed E-state index contributed by atoms with van der Waals surface area (Å²) < 4.78 is 5.17. The van der Waals surface area contributed by atoms with Crippen LogP contribution in [0.2, 0.25) is 0 Å². The fourth-order valence-corrected chi connectivity index (χ4v) is 2.03. The Morgan fingerprint density at radius 1 is 1.19 bits per heavy atom. The topological polar surface area (TPSA) is 80.7 Å². The molecule has 0 spiro atoms. The van der Waals surface area contributed by atoms with Crippen LogP contribution in [-0.4, -0.2) is 22.6 Å². The molecule has 1 amide bonds. The van der Waals surface area contributed by atoms with E-state index in [1.54, 1.807) is 0 Å². The maximum Gasteiger partial charge on any atom is 0.354 e. The zero-order chi connectivity index (χ0) is 14.7. The monoisotopic (exact) mass is 283 g/mol. The predicted octanol–water partition coefficient (Wildman–Crippen LogP) is 1.54. The van der Waals surface area contributed by atoms with Crippen LogP contribution in [0, 0.1) is 0 Å². The average Bonchev–Trinajstić information content (AvgIpc) is 2.53. The van der Waals surface area contributed by atoms with Gasteiger partial charge in [-0.25, -0.2) is 15.2 Å². The Morgan fingerprint density at radius 2 is 2.05 bits per heavy atom. The van der Waals surface area contributed by atoms with E-state index in [-0.39, 0.29) is 24.6 Å². The zero-order valence-corrected chi connectivity index (χ0v) is 11.2. The van der Waals surface area contributed by atoms with Gasteiger partial charge >= 0.3 is 5.97 Å². The molecule has 6 nitrogen and oxygen atoms in total. The molecule has 0 radical (unpaired) electrons. The minimum Gasteiger partial charge on any atom is -0.455 e. The summed E-state index contributed by atoms with van der Waals surface area (Å²) in [6.45, 7) is 0.0800. The van der Waals surface area contributed by atoms with E-state index in [2.05, 4.69) is 15.5 Å². The summed E-state index contributed by atoms with van der Waals surface area (Å²) in [5.41, 5.74) is 4.02. The van der Waals surface area contributed by atoms with E-state index in [0.717, 1.165) is 10.9 Å². The van der Waals surface area contributed by atoms with E-state index in [0.29, 0.717) is 12.1 Å². The number of para-hydroxylation sites is 1. The smallest absolute Gasteiger partial charge is 0.354 e. The maximum absolute atomic E-state index is 11.8. The van der Waals surface area contributed by atoms with Gasteiger partial charge in [0.15, 0.2) is 0 Å². The minimum absolute atomic E-state index is 0.0800. The lowest BCUT2D eigenvalue weighted by Gasteiger charge is -2.11. The van der Waals surface area contributed by atoms with Crippen LogP contribution in [-0.2, 0) is 20.9 Å². The Kier molecular flexibility index (Phi) is 3.59. The van der Waals surface area contributed by atoms with Crippen molar-refractivity contribution in [2.45, 2.75) is 19.4 Å². The largest absolute Gasteiger partial charge is 0.455 e. The Hall–Kier alpha value is -2.76. The highest BCUT2D eigenvalue weighted by Crippen LogP contribution is 2.12. The molecule has 0 atom stereocenters. The zero-order valence-electron chi connectivity index (χ0n) is 11.2. The fraction of sp³-hybridized carbons (Fsp3) is 0.200. The van der Waals surface area contributed by atoms with Crippen LogP contribution in [0.1, 0.15) is 18.5 Å². The van der Waals surface area contributed by atoms with Gasteiger partial charge in [0.05, 0.1) is 11.2 Å².